The predicted molar refractivity (Wildman–Crippen MR) is 96.6 cm³/mol. The number of aryl methyl sites for hydroxylation is 1. The van der Waals surface area contributed by atoms with Crippen molar-refractivity contribution in [3.63, 3.8) is 0 Å². The molecule has 0 radical (unpaired) electrons. The average Bonchev–Trinajstić information content (AvgIpc) is 2.64. The van der Waals surface area contributed by atoms with E-state index in [0.717, 1.165) is 5.56 Å². The first-order valence-electron chi connectivity index (χ1n) is 7.91. The molecule has 0 aliphatic heterocycles. The monoisotopic (exact) mass is 369 g/mol. The van der Waals surface area contributed by atoms with Crippen LogP contribution in [0.5, 0.6) is 5.88 Å². The second kappa shape index (κ2) is 7.93. The molecule has 1 N–H and O–H groups in total. The lowest BCUT2D eigenvalue weighted by Gasteiger charge is -2.14. The SMILES string of the molecule is Cc1nc(C(=O)O)nc(OCc2ccccn2)c1Cc1ccccc1Cl. The van der Waals surface area contributed by atoms with Crippen LogP contribution in [0.2, 0.25) is 5.02 Å². The fourth-order valence-electron chi connectivity index (χ4n) is 2.45. The minimum atomic E-state index is -1.21. The van der Waals surface area contributed by atoms with E-state index in [4.69, 9.17) is 16.3 Å². The molecule has 26 heavy (non-hydrogen) atoms. The minimum Gasteiger partial charge on any atom is -0.475 e. The minimum absolute atomic E-state index is 0.172. The smallest absolute Gasteiger partial charge is 0.374 e. The van der Waals surface area contributed by atoms with Crippen LogP contribution in [0.4, 0.5) is 0 Å². The number of aromatic nitrogens is 3. The van der Waals surface area contributed by atoms with Crippen LogP contribution >= 0.6 is 11.6 Å². The number of carbonyl (C=O) groups is 1. The molecule has 1 aromatic carbocycles. The number of carboxylic acid groups (broad SMARTS) is 1. The molecule has 0 aliphatic carbocycles. The number of ether oxygens (including phenoxy) is 1. The normalized spacial score (nSPS) is 10.5. The van der Waals surface area contributed by atoms with Gasteiger partial charge in [-0.3, -0.25) is 4.98 Å². The molecular formula is C19H16ClN3O3. The van der Waals surface area contributed by atoms with Crippen molar-refractivity contribution in [2.24, 2.45) is 0 Å². The van der Waals surface area contributed by atoms with Crippen molar-refractivity contribution in [3.05, 3.63) is 82.0 Å². The fourth-order valence-corrected chi connectivity index (χ4v) is 2.65. The maximum absolute atomic E-state index is 11.3. The van der Waals surface area contributed by atoms with Crippen molar-refractivity contribution in [2.75, 3.05) is 0 Å². The molecule has 0 fully saturated rings. The van der Waals surface area contributed by atoms with Crippen LogP contribution in [-0.2, 0) is 13.0 Å². The van der Waals surface area contributed by atoms with Gasteiger partial charge in [-0.2, -0.15) is 4.98 Å². The highest BCUT2D eigenvalue weighted by Gasteiger charge is 2.18. The van der Waals surface area contributed by atoms with Gasteiger partial charge in [0, 0.05) is 28.9 Å². The molecule has 0 amide bonds. The van der Waals surface area contributed by atoms with E-state index >= 15 is 0 Å². The van der Waals surface area contributed by atoms with Crippen molar-refractivity contribution in [3.8, 4) is 5.88 Å². The number of rotatable bonds is 6. The lowest BCUT2D eigenvalue weighted by molar-refractivity contribution is 0.0681. The van der Waals surface area contributed by atoms with E-state index < -0.39 is 5.97 Å². The van der Waals surface area contributed by atoms with E-state index in [1.807, 2.05) is 36.4 Å². The molecule has 2 aromatic heterocycles. The van der Waals surface area contributed by atoms with Crippen molar-refractivity contribution in [2.45, 2.75) is 20.0 Å². The molecule has 0 spiro atoms. The van der Waals surface area contributed by atoms with Crippen molar-refractivity contribution < 1.29 is 14.6 Å². The highest BCUT2D eigenvalue weighted by atomic mass is 35.5. The Balaban J connectivity index is 1.96. The Kier molecular flexibility index (Phi) is 5.43. The number of benzene rings is 1. The zero-order valence-corrected chi connectivity index (χ0v) is 14.8. The number of halogens is 1. The highest BCUT2D eigenvalue weighted by molar-refractivity contribution is 6.31. The van der Waals surface area contributed by atoms with E-state index in [2.05, 4.69) is 15.0 Å². The topological polar surface area (TPSA) is 85.2 Å². The largest absolute Gasteiger partial charge is 0.475 e. The third-order valence-electron chi connectivity index (χ3n) is 3.78. The van der Waals surface area contributed by atoms with Crippen LogP contribution in [0.1, 0.15) is 33.1 Å². The maximum atomic E-state index is 11.3. The zero-order chi connectivity index (χ0) is 18.5. The Morgan fingerprint density at radius 1 is 1.15 bits per heavy atom. The number of hydrogen-bond acceptors (Lipinski definition) is 5. The zero-order valence-electron chi connectivity index (χ0n) is 14.0. The summed E-state index contributed by atoms with van der Waals surface area (Å²) in [5, 5.41) is 9.85. The molecule has 0 saturated heterocycles. The molecule has 3 rings (SSSR count). The molecule has 2 heterocycles. The van der Waals surface area contributed by atoms with Gasteiger partial charge in [0.25, 0.3) is 0 Å². The summed E-state index contributed by atoms with van der Waals surface area (Å²) >= 11 is 6.25. The summed E-state index contributed by atoms with van der Waals surface area (Å²) in [7, 11) is 0. The molecule has 0 aliphatic rings. The van der Waals surface area contributed by atoms with Crippen LogP contribution in [0.15, 0.2) is 48.7 Å². The van der Waals surface area contributed by atoms with Crippen LogP contribution in [0.3, 0.4) is 0 Å². The van der Waals surface area contributed by atoms with E-state index in [1.54, 1.807) is 19.2 Å². The third kappa shape index (κ3) is 4.15. The Morgan fingerprint density at radius 3 is 2.62 bits per heavy atom. The van der Waals surface area contributed by atoms with E-state index in [0.29, 0.717) is 28.4 Å². The Labute approximate surface area is 155 Å². The average molecular weight is 370 g/mol. The number of hydrogen-bond donors (Lipinski definition) is 1. The second-order valence-corrected chi connectivity index (χ2v) is 6.01. The second-order valence-electron chi connectivity index (χ2n) is 5.60. The lowest BCUT2D eigenvalue weighted by Crippen LogP contribution is -2.12. The summed E-state index contributed by atoms with van der Waals surface area (Å²) in [6.07, 6.45) is 2.10. The van der Waals surface area contributed by atoms with Crippen LogP contribution in [-0.4, -0.2) is 26.0 Å². The van der Waals surface area contributed by atoms with Gasteiger partial charge in [0.1, 0.15) is 6.61 Å². The summed E-state index contributed by atoms with van der Waals surface area (Å²) < 4.78 is 5.79. The maximum Gasteiger partial charge on any atom is 0.374 e. The lowest BCUT2D eigenvalue weighted by atomic mass is 10.0. The third-order valence-corrected chi connectivity index (χ3v) is 4.14. The van der Waals surface area contributed by atoms with Crippen molar-refractivity contribution in [1.29, 1.82) is 0 Å². The first-order valence-corrected chi connectivity index (χ1v) is 8.29. The first kappa shape index (κ1) is 17.8. The van der Waals surface area contributed by atoms with Gasteiger partial charge in [-0.25, -0.2) is 9.78 Å². The van der Waals surface area contributed by atoms with Gasteiger partial charge in [-0.15, -0.1) is 0 Å². The molecule has 7 heteroatoms. The Hall–Kier alpha value is -2.99. The fraction of sp³-hybridized carbons (Fsp3) is 0.158. The number of aromatic carboxylic acids is 1. The van der Waals surface area contributed by atoms with E-state index in [-0.39, 0.29) is 18.3 Å². The summed E-state index contributed by atoms with van der Waals surface area (Å²) in [6, 6.07) is 12.9. The number of pyridine rings is 1. The van der Waals surface area contributed by atoms with Crippen LogP contribution in [0.25, 0.3) is 0 Å². The molecule has 6 nitrogen and oxygen atoms in total. The quantitative estimate of drug-likeness (QED) is 0.713. The summed E-state index contributed by atoms with van der Waals surface area (Å²) in [5.74, 6) is -1.29. The van der Waals surface area contributed by atoms with Gasteiger partial charge in [0.2, 0.25) is 11.7 Å². The molecule has 0 saturated carbocycles. The van der Waals surface area contributed by atoms with Gasteiger partial charge in [-0.1, -0.05) is 35.9 Å². The van der Waals surface area contributed by atoms with E-state index in [9.17, 15) is 9.90 Å². The summed E-state index contributed by atoms with van der Waals surface area (Å²) in [5.41, 5.74) is 2.82. The Bertz CT molecular complexity index is 933. The summed E-state index contributed by atoms with van der Waals surface area (Å²) in [6.45, 7) is 1.90. The first-order chi connectivity index (χ1) is 12.5. The van der Waals surface area contributed by atoms with Crippen LogP contribution in [0, 0.1) is 6.92 Å². The highest BCUT2D eigenvalue weighted by Crippen LogP contribution is 2.26. The number of carboxylic acids is 1. The molecule has 0 atom stereocenters. The van der Waals surface area contributed by atoms with E-state index in [1.165, 1.54) is 0 Å². The van der Waals surface area contributed by atoms with Gasteiger partial charge < -0.3 is 9.84 Å². The molecule has 3 aromatic rings. The van der Waals surface area contributed by atoms with Gasteiger partial charge in [-0.05, 0) is 30.7 Å². The molecule has 0 bridgehead atoms. The molecule has 0 unspecified atom stereocenters. The van der Waals surface area contributed by atoms with Crippen molar-refractivity contribution in [1.82, 2.24) is 15.0 Å². The molecule has 132 valence electrons. The van der Waals surface area contributed by atoms with Gasteiger partial charge in [0.05, 0.1) is 5.69 Å². The van der Waals surface area contributed by atoms with Crippen molar-refractivity contribution >= 4 is 17.6 Å². The van der Waals surface area contributed by atoms with Gasteiger partial charge >= 0.3 is 5.97 Å². The Morgan fingerprint density at radius 2 is 1.92 bits per heavy atom. The van der Waals surface area contributed by atoms with Crippen LogP contribution < -0.4 is 4.74 Å². The number of nitrogens with zero attached hydrogens (tertiary/aromatic N) is 3. The summed E-state index contributed by atoms with van der Waals surface area (Å²) in [4.78, 5) is 23.6. The molecular weight excluding hydrogens is 354 g/mol. The predicted octanol–water partition coefficient (Wildman–Crippen LogP) is 3.70. The van der Waals surface area contributed by atoms with Gasteiger partial charge in [0.15, 0.2) is 0 Å². The standard InChI is InChI=1S/C19H16ClN3O3/c1-12-15(10-13-6-2-3-8-16(13)20)18(23-17(22-12)19(24)25)26-11-14-7-4-5-9-21-14/h2-9H,10-11H2,1H3,(H,24,25).